The normalized spacial score (nSPS) is 11.8. The van der Waals surface area contributed by atoms with Crippen LogP contribution in [0.2, 0.25) is 0 Å². The van der Waals surface area contributed by atoms with E-state index in [1.807, 2.05) is 18.2 Å². The van der Waals surface area contributed by atoms with Gasteiger partial charge in [-0.3, -0.25) is 4.98 Å². The Labute approximate surface area is 106 Å². The molecule has 0 unspecified atom stereocenters. The molecule has 2 aromatic heterocycles. The van der Waals surface area contributed by atoms with Crippen LogP contribution in [0.1, 0.15) is 31.3 Å². The Hall–Kier alpha value is -1.26. The van der Waals surface area contributed by atoms with E-state index in [4.69, 9.17) is 10.7 Å². The van der Waals surface area contributed by atoms with Crippen LogP contribution in [0.3, 0.4) is 0 Å². The van der Waals surface area contributed by atoms with Gasteiger partial charge in [0, 0.05) is 23.0 Å². The maximum absolute atomic E-state index is 5.79. The molecule has 2 rings (SSSR count). The van der Waals surface area contributed by atoms with Crippen LogP contribution in [0.5, 0.6) is 0 Å². The van der Waals surface area contributed by atoms with Gasteiger partial charge >= 0.3 is 0 Å². The summed E-state index contributed by atoms with van der Waals surface area (Å²) < 4.78 is 0. The van der Waals surface area contributed by atoms with Crippen LogP contribution in [-0.4, -0.2) is 9.97 Å². The largest absolute Gasteiger partial charge is 0.326 e. The van der Waals surface area contributed by atoms with Crippen molar-refractivity contribution in [3.63, 3.8) is 0 Å². The Morgan fingerprint density at radius 3 is 2.53 bits per heavy atom. The lowest BCUT2D eigenvalue weighted by Crippen LogP contribution is -2.15. The molecule has 4 heteroatoms. The number of thiazole rings is 1. The molecule has 0 radical (unpaired) electrons. The fourth-order valence-electron chi connectivity index (χ4n) is 1.67. The minimum Gasteiger partial charge on any atom is -0.326 e. The van der Waals surface area contributed by atoms with Crippen LogP contribution < -0.4 is 5.73 Å². The van der Waals surface area contributed by atoms with E-state index in [0.29, 0.717) is 6.54 Å². The van der Waals surface area contributed by atoms with Crippen molar-refractivity contribution in [3.05, 3.63) is 35.0 Å². The average molecular weight is 247 g/mol. The summed E-state index contributed by atoms with van der Waals surface area (Å²) in [5.41, 5.74) is 7.82. The molecule has 0 saturated carbocycles. The topological polar surface area (TPSA) is 51.8 Å². The third-order valence-electron chi connectivity index (χ3n) is 2.48. The van der Waals surface area contributed by atoms with Gasteiger partial charge in [0.2, 0.25) is 0 Å². The number of hydrogen-bond donors (Lipinski definition) is 1. The number of rotatable bonds is 2. The molecule has 0 aliphatic rings. The zero-order chi connectivity index (χ0) is 12.5. The molecule has 0 amide bonds. The van der Waals surface area contributed by atoms with Gasteiger partial charge in [-0.2, -0.15) is 0 Å². The molecule has 0 atom stereocenters. The number of hydrogen-bond acceptors (Lipinski definition) is 4. The van der Waals surface area contributed by atoms with Crippen molar-refractivity contribution in [2.24, 2.45) is 5.73 Å². The SMILES string of the molecule is CC(C)(C)c1nc(-c2ccccn2)sc1CN. The van der Waals surface area contributed by atoms with Crippen molar-refractivity contribution >= 4 is 11.3 Å². The van der Waals surface area contributed by atoms with Crippen LogP contribution in [0.15, 0.2) is 24.4 Å². The molecule has 0 bridgehead atoms. The molecule has 0 aliphatic carbocycles. The van der Waals surface area contributed by atoms with Crippen LogP contribution in [0.25, 0.3) is 10.7 Å². The van der Waals surface area contributed by atoms with E-state index in [0.717, 1.165) is 21.3 Å². The molecule has 0 saturated heterocycles. The van der Waals surface area contributed by atoms with Gasteiger partial charge in [0.25, 0.3) is 0 Å². The highest BCUT2D eigenvalue weighted by Crippen LogP contribution is 2.33. The molecule has 3 nitrogen and oxygen atoms in total. The average Bonchev–Trinajstić information content (AvgIpc) is 2.74. The van der Waals surface area contributed by atoms with Crippen molar-refractivity contribution in [2.45, 2.75) is 32.7 Å². The summed E-state index contributed by atoms with van der Waals surface area (Å²) in [6.07, 6.45) is 1.79. The Balaban J connectivity index is 2.49. The van der Waals surface area contributed by atoms with Gasteiger partial charge in [-0.1, -0.05) is 26.8 Å². The summed E-state index contributed by atoms with van der Waals surface area (Å²) in [6, 6.07) is 5.86. The second-order valence-electron chi connectivity index (χ2n) is 4.96. The number of nitrogens with zero attached hydrogens (tertiary/aromatic N) is 2. The molecule has 90 valence electrons. The zero-order valence-corrected chi connectivity index (χ0v) is 11.2. The van der Waals surface area contributed by atoms with Crippen LogP contribution in [0.4, 0.5) is 0 Å². The van der Waals surface area contributed by atoms with Gasteiger partial charge in [-0.15, -0.1) is 11.3 Å². The van der Waals surface area contributed by atoms with Gasteiger partial charge in [0.15, 0.2) is 0 Å². The number of pyridine rings is 1. The monoisotopic (exact) mass is 247 g/mol. The molecule has 0 spiro atoms. The van der Waals surface area contributed by atoms with Crippen molar-refractivity contribution < 1.29 is 0 Å². The first kappa shape index (κ1) is 12.2. The Morgan fingerprint density at radius 1 is 1.29 bits per heavy atom. The summed E-state index contributed by atoms with van der Waals surface area (Å²) in [4.78, 5) is 10.2. The standard InChI is InChI=1S/C13H17N3S/c1-13(2,3)11-10(8-14)17-12(16-11)9-6-4-5-7-15-9/h4-7H,8,14H2,1-3H3. The van der Waals surface area contributed by atoms with Gasteiger partial charge in [0.1, 0.15) is 5.01 Å². The maximum atomic E-state index is 5.79. The lowest BCUT2D eigenvalue weighted by Gasteiger charge is -2.16. The minimum absolute atomic E-state index is 0.0260. The number of aromatic nitrogens is 2. The second kappa shape index (κ2) is 4.55. The third kappa shape index (κ3) is 2.53. The van der Waals surface area contributed by atoms with Crippen LogP contribution in [0, 0.1) is 0 Å². The van der Waals surface area contributed by atoms with E-state index >= 15 is 0 Å². The molecule has 0 aliphatic heterocycles. The highest BCUT2D eigenvalue weighted by molar-refractivity contribution is 7.15. The van der Waals surface area contributed by atoms with E-state index in [-0.39, 0.29) is 5.41 Å². The van der Waals surface area contributed by atoms with Crippen molar-refractivity contribution in [1.29, 1.82) is 0 Å². The highest BCUT2D eigenvalue weighted by Gasteiger charge is 2.23. The fraction of sp³-hybridized carbons (Fsp3) is 0.385. The van der Waals surface area contributed by atoms with Crippen molar-refractivity contribution in [1.82, 2.24) is 9.97 Å². The minimum atomic E-state index is 0.0260. The van der Waals surface area contributed by atoms with Gasteiger partial charge in [-0.05, 0) is 12.1 Å². The molecule has 2 aromatic rings. The van der Waals surface area contributed by atoms with Crippen LogP contribution >= 0.6 is 11.3 Å². The van der Waals surface area contributed by atoms with E-state index in [1.54, 1.807) is 17.5 Å². The first-order valence-corrected chi connectivity index (χ1v) is 6.45. The molecule has 17 heavy (non-hydrogen) atoms. The van der Waals surface area contributed by atoms with E-state index < -0.39 is 0 Å². The van der Waals surface area contributed by atoms with Crippen molar-refractivity contribution in [3.8, 4) is 10.7 Å². The lowest BCUT2D eigenvalue weighted by atomic mass is 9.91. The number of nitrogens with two attached hydrogens (primary N) is 1. The first-order chi connectivity index (χ1) is 8.02. The maximum Gasteiger partial charge on any atom is 0.142 e. The van der Waals surface area contributed by atoms with Crippen LogP contribution in [-0.2, 0) is 12.0 Å². The highest BCUT2D eigenvalue weighted by atomic mass is 32.1. The molecular formula is C13H17N3S. The van der Waals surface area contributed by atoms with E-state index in [1.165, 1.54) is 0 Å². The molecule has 0 fully saturated rings. The third-order valence-corrected chi connectivity index (χ3v) is 3.58. The Morgan fingerprint density at radius 2 is 2.06 bits per heavy atom. The summed E-state index contributed by atoms with van der Waals surface area (Å²) in [7, 11) is 0. The van der Waals surface area contributed by atoms with E-state index in [9.17, 15) is 0 Å². The zero-order valence-electron chi connectivity index (χ0n) is 10.4. The summed E-state index contributed by atoms with van der Waals surface area (Å²) in [6.45, 7) is 7.01. The quantitative estimate of drug-likeness (QED) is 0.887. The Kier molecular flexibility index (Phi) is 3.26. The predicted octanol–water partition coefficient (Wildman–Crippen LogP) is 2.96. The molecule has 0 aromatic carbocycles. The summed E-state index contributed by atoms with van der Waals surface area (Å²) in [5, 5.41) is 0.955. The predicted molar refractivity (Wildman–Crippen MR) is 71.9 cm³/mol. The van der Waals surface area contributed by atoms with E-state index in [2.05, 4.69) is 25.8 Å². The molecule has 2 N–H and O–H groups in total. The van der Waals surface area contributed by atoms with Gasteiger partial charge in [-0.25, -0.2) is 4.98 Å². The lowest BCUT2D eigenvalue weighted by molar-refractivity contribution is 0.567. The Bertz CT molecular complexity index is 497. The summed E-state index contributed by atoms with van der Waals surface area (Å²) in [5.74, 6) is 0. The molecular weight excluding hydrogens is 230 g/mol. The van der Waals surface area contributed by atoms with Gasteiger partial charge < -0.3 is 5.73 Å². The second-order valence-corrected chi connectivity index (χ2v) is 6.04. The fourth-order valence-corrected chi connectivity index (χ4v) is 2.80. The van der Waals surface area contributed by atoms with Gasteiger partial charge in [0.05, 0.1) is 11.4 Å². The van der Waals surface area contributed by atoms with Crippen molar-refractivity contribution in [2.75, 3.05) is 0 Å². The first-order valence-electron chi connectivity index (χ1n) is 5.64. The smallest absolute Gasteiger partial charge is 0.142 e. The molecule has 2 heterocycles. The summed E-state index contributed by atoms with van der Waals surface area (Å²) >= 11 is 1.64.